The SMILES string of the molecule is CCCCCCCCCN(Cc1nc2oc(-c3ccc(C)cc3)c(C(=O)NC)c2cc1C1CC1)[SH](=O)=O. The Hall–Kier alpha value is -2.71. The van der Waals surface area contributed by atoms with Crippen LogP contribution in [0.15, 0.2) is 34.7 Å². The van der Waals surface area contributed by atoms with Crippen LogP contribution in [0, 0.1) is 6.92 Å². The van der Waals surface area contributed by atoms with E-state index in [-0.39, 0.29) is 12.5 Å². The molecule has 2 heterocycles. The Morgan fingerprint density at radius 1 is 1.08 bits per heavy atom. The molecule has 1 N–H and O–H groups in total. The quantitative estimate of drug-likeness (QED) is 0.195. The van der Waals surface area contributed by atoms with Gasteiger partial charge in [0.15, 0.2) is 0 Å². The Bertz CT molecular complexity index is 1280. The van der Waals surface area contributed by atoms with Crippen LogP contribution in [0.25, 0.3) is 22.4 Å². The van der Waals surface area contributed by atoms with Crippen LogP contribution >= 0.6 is 0 Å². The van der Waals surface area contributed by atoms with Crippen molar-refractivity contribution in [2.24, 2.45) is 0 Å². The maximum atomic E-state index is 12.9. The smallest absolute Gasteiger partial charge is 0.255 e. The standard InChI is InChI=1S/C29H39N3O4S/c1-4-5-6-7-8-9-10-17-32(37(34)35)19-25-23(21-15-16-21)18-24-26(28(33)30-3)27(36-29(24)31-25)22-13-11-20(2)12-14-22/h11-14,18,21,37H,4-10,15-17,19H2,1-3H3,(H,30,33). The van der Waals surface area contributed by atoms with E-state index >= 15 is 0 Å². The van der Waals surface area contributed by atoms with Gasteiger partial charge in [-0.2, -0.15) is 4.31 Å². The van der Waals surface area contributed by atoms with Crippen molar-refractivity contribution in [2.45, 2.75) is 84.1 Å². The van der Waals surface area contributed by atoms with E-state index in [9.17, 15) is 13.2 Å². The van der Waals surface area contributed by atoms with Crippen molar-refractivity contribution in [3.8, 4) is 11.3 Å². The number of unbranched alkanes of at least 4 members (excludes halogenated alkanes) is 6. The van der Waals surface area contributed by atoms with Gasteiger partial charge < -0.3 is 9.73 Å². The molecular formula is C29H39N3O4S. The Morgan fingerprint density at radius 2 is 1.76 bits per heavy atom. The van der Waals surface area contributed by atoms with Gasteiger partial charge in [0, 0.05) is 19.2 Å². The van der Waals surface area contributed by atoms with Crippen LogP contribution in [-0.4, -0.2) is 37.2 Å². The van der Waals surface area contributed by atoms with Crippen molar-refractivity contribution in [1.82, 2.24) is 14.6 Å². The predicted octanol–water partition coefficient (Wildman–Crippen LogP) is 6.12. The van der Waals surface area contributed by atoms with Gasteiger partial charge in [0.05, 0.1) is 23.2 Å². The highest BCUT2D eigenvalue weighted by atomic mass is 32.2. The first-order chi connectivity index (χ1) is 17.9. The summed E-state index contributed by atoms with van der Waals surface area (Å²) in [6, 6.07) is 9.85. The van der Waals surface area contributed by atoms with Gasteiger partial charge in [-0.3, -0.25) is 4.79 Å². The lowest BCUT2D eigenvalue weighted by atomic mass is 10.0. The largest absolute Gasteiger partial charge is 0.437 e. The molecule has 0 bridgehead atoms. The lowest BCUT2D eigenvalue weighted by Crippen LogP contribution is -2.24. The van der Waals surface area contributed by atoms with E-state index in [0.29, 0.717) is 34.9 Å². The average molecular weight is 526 g/mol. The molecule has 1 amide bonds. The minimum atomic E-state index is -2.73. The van der Waals surface area contributed by atoms with E-state index in [1.807, 2.05) is 37.3 Å². The van der Waals surface area contributed by atoms with Crippen LogP contribution in [-0.2, 0) is 17.4 Å². The zero-order chi connectivity index (χ0) is 26.4. The van der Waals surface area contributed by atoms with Crippen molar-refractivity contribution in [2.75, 3.05) is 13.6 Å². The summed E-state index contributed by atoms with van der Waals surface area (Å²) in [6.45, 7) is 4.94. The van der Waals surface area contributed by atoms with Gasteiger partial charge in [-0.05, 0) is 43.7 Å². The summed E-state index contributed by atoms with van der Waals surface area (Å²) < 4.78 is 31.9. The fourth-order valence-corrected chi connectivity index (χ4v) is 5.40. The normalized spacial score (nSPS) is 13.6. The second-order valence-corrected chi connectivity index (χ2v) is 11.2. The molecule has 1 aliphatic carbocycles. The number of benzene rings is 1. The molecule has 0 saturated heterocycles. The van der Waals surface area contributed by atoms with Gasteiger partial charge in [-0.25, -0.2) is 13.4 Å². The highest BCUT2D eigenvalue weighted by Gasteiger charge is 2.31. The van der Waals surface area contributed by atoms with E-state index in [2.05, 4.69) is 12.2 Å². The van der Waals surface area contributed by atoms with E-state index in [0.717, 1.165) is 54.5 Å². The number of thiol groups is 1. The molecule has 0 unspecified atom stereocenters. The summed E-state index contributed by atoms with van der Waals surface area (Å²) in [5.41, 5.74) is 4.51. The van der Waals surface area contributed by atoms with Crippen molar-refractivity contribution in [3.05, 3.63) is 52.7 Å². The first-order valence-corrected chi connectivity index (χ1v) is 14.7. The van der Waals surface area contributed by atoms with Crippen LogP contribution < -0.4 is 5.32 Å². The summed E-state index contributed by atoms with van der Waals surface area (Å²) in [5, 5.41) is 3.41. The summed E-state index contributed by atoms with van der Waals surface area (Å²) in [6.07, 6.45) is 10.0. The molecule has 7 nitrogen and oxygen atoms in total. The topological polar surface area (TPSA) is 92.5 Å². The predicted molar refractivity (Wildman–Crippen MR) is 148 cm³/mol. The third-order valence-electron chi connectivity index (χ3n) is 7.16. The van der Waals surface area contributed by atoms with E-state index < -0.39 is 10.9 Å². The Balaban J connectivity index is 1.63. The second kappa shape index (κ2) is 12.7. The average Bonchev–Trinajstić information content (AvgIpc) is 3.67. The fourth-order valence-electron chi connectivity index (χ4n) is 4.85. The van der Waals surface area contributed by atoms with Gasteiger partial charge >= 0.3 is 0 Å². The molecule has 37 heavy (non-hydrogen) atoms. The molecule has 8 heteroatoms. The minimum absolute atomic E-state index is 0.228. The molecule has 4 rings (SSSR count). The van der Waals surface area contributed by atoms with Crippen molar-refractivity contribution in [3.63, 3.8) is 0 Å². The number of fused-ring (bicyclic) bond motifs is 1. The van der Waals surface area contributed by atoms with Crippen LogP contribution in [0.4, 0.5) is 0 Å². The highest BCUT2D eigenvalue weighted by molar-refractivity contribution is 7.69. The lowest BCUT2D eigenvalue weighted by Gasteiger charge is -2.17. The number of nitrogens with zero attached hydrogens (tertiary/aromatic N) is 2. The van der Waals surface area contributed by atoms with Gasteiger partial charge in [-0.15, -0.1) is 0 Å². The number of aromatic nitrogens is 1. The number of aryl methyl sites for hydroxylation is 1. The van der Waals surface area contributed by atoms with Crippen LogP contribution in [0.2, 0.25) is 0 Å². The lowest BCUT2D eigenvalue weighted by molar-refractivity contribution is 0.0964. The molecule has 1 saturated carbocycles. The summed E-state index contributed by atoms with van der Waals surface area (Å²) in [5.74, 6) is 0.594. The number of pyridine rings is 1. The molecule has 1 aromatic carbocycles. The summed E-state index contributed by atoms with van der Waals surface area (Å²) in [7, 11) is -1.12. The second-order valence-electron chi connectivity index (χ2n) is 10.1. The van der Waals surface area contributed by atoms with Gasteiger partial charge in [0.25, 0.3) is 5.91 Å². The van der Waals surface area contributed by atoms with Gasteiger partial charge in [0.1, 0.15) is 5.76 Å². The maximum Gasteiger partial charge on any atom is 0.255 e. The molecule has 0 atom stereocenters. The first-order valence-electron chi connectivity index (χ1n) is 13.6. The number of nitrogens with one attached hydrogen (secondary N) is 1. The number of amides is 1. The molecule has 1 fully saturated rings. The number of hydrogen-bond donors (Lipinski definition) is 2. The van der Waals surface area contributed by atoms with Crippen LogP contribution in [0.1, 0.15) is 97.8 Å². The van der Waals surface area contributed by atoms with Crippen molar-refractivity contribution >= 4 is 27.9 Å². The number of carbonyl (C=O) groups is 1. The molecule has 0 spiro atoms. The number of furan rings is 1. The van der Waals surface area contributed by atoms with Gasteiger partial charge in [-0.1, -0.05) is 75.3 Å². The highest BCUT2D eigenvalue weighted by Crippen LogP contribution is 2.44. The maximum absolute atomic E-state index is 12.9. The van der Waals surface area contributed by atoms with E-state index in [4.69, 9.17) is 9.40 Å². The first kappa shape index (κ1) is 27.3. The zero-order valence-electron chi connectivity index (χ0n) is 22.2. The molecule has 200 valence electrons. The van der Waals surface area contributed by atoms with Crippen LogP contribution in [0.3, 0.4) is 0 Å². The van der Waals surface area contributed by atoms with E-state index in [1.54, 1.807) is 7.05 Å². The molecule has 0 aliphatic heterocycles. The summed E-state index contributed by atoms with van der Waals surface area (Å²) in [4.78, 5) is 17.8. The molecule has 3 aromatic rings. The summed E-state index contributed by atoms with van der Waals surface area (Å²) >= 11 is 0. The monoisotopic (exact) mass is 525 g/mol. The molecular weight excluding hydrogens is 486 g/mol. The van der Waals surface area contributed by atoms with Crippen molar-refractivity contribution in [1.29, 1.82) is 0 Å². The van der Waals surface area contributed by atoms with Gasteiger partial charge in [0.2, 0.25) is 16.6 Å². The minimum Gasteiger partial charge on any atom is -0.437 e. The Labute approximate surface area is 221 Å². The number of rotatable bonds is 14. The third kappa shape index (κ3) is 6.79. The van der Waals surface area contributed by atoms with Crippen molar-refractivity contribution < 1.29 is 17.6 Å². The number of carbonyl (C=O) groups excluding carboxylic acids is 1. The van der Waals surface area contributed by atoms with E-state index in [1.165, 1.54) is 30.0 Å². The Kier molecular flexibility index (Phi) is 9.38. The molecule has 2 aromatic heterocycles. The molecule has 1 aliphatic rings. The number of hydrogen-bond acceptors (Lipinski definition) is 5. The third-order valence-corrected chi connectivity index (χ3v) is 7.97. The van der Waals surface area contributed by atoms with Crippen LogP contribution in [0.5, 0.6) is 0 Å². The Morgan fingerprint density at radius 3 is 2.38 bits per heavy atom. The zero-order valence-corrected chi connectivity index (χ0v) is 23.1. The molecule has 0 radical (unpaired) electrons. The fraction of sp³-hybridized carbons (Fsp3) is 0.517.